The summed E-state index contributed by atoms with van der Waals surface area (Å²) in [7, 11) is 0. The van der Waals surface area contributed by atoms with Crippen molar-refractivity contribution in [2.75, 3.05) is 0 Å². The fourth-order valence-electron chi connectivity index (χ4n) is 1.42. The number of amides is 2. The van der Waals surface area contributed by atoms with E-state index in [1.54, 1.807) is 12.3 Å². The summed E-state index contributed by atoms with van der Waals surface area (Å²) >= 11 is 1.33. The molecule has 0 aliphatic carbocycles. The molecule has 0 aromatic carbocycles. The highest BCUT2D eigenvalue weighted by molar-refractivity contribution is 7.09. The zero-order valence-electron chi connectivity index (χ0n) is 10.8. The van der Waals surface area contributed by atoms with Crippen molar-refractivity contribution >= 4 is 29.1 Å². The van der Waals surface area contributed by atoms with Crippen LogP contribution in [0.4, 0.5) is 0 Å². The van der Waals surface area contributed by atoms with Gasteiger partial charge in [-0.15, -0.1) is 11.3 Å². The van der Waals surface area contributed by atoms with Crippen LogP contribution in [0.25, 0.3) is 0 Å². The molecule has 0 saturated carbocycles. The highest BCUT2D eigenvalue weighted by Crippen LogP contribution is 2.16. The van der Waals surface area contributed by atoms with Gasteiger partial charge in [0.05, 0.1) is 24.6 Å². The van der Waals surface area contributed by atoms with Crippen molar-refractivity contribution in [3.63, 3.8) is 0 Å². The lowest BCUT2D eigenvalue weighted by Gasteiger charge is -2.12. The van der Waals surface area contributed by atoms with Gasteiger partial charge in [0, 0.05) is 5.38 Å². The number of aliphatic carboxylic acids is 1. The number of aromatic nitrogens is 1. The van der Waals surface area contributed by atoms with Crippen molar-refractivity contribution in [1.29, 1.82) is 0 Å². The summed E-state index contributed by atoms with van der Waals surface area (Å²) in [5.41, 5.74) is 11.1. The number of nitrogens with two attached hydrogens (primary N) is 2. The summed E-state index contributed by atoms with van der Waals surface area (Å²) in [6.07, 6.45) is -0.533. The van der Waals surface area contributed by atoms with Crippen LogP contribution in [0.15, 0.2) is 5.38 Å². The van der Waals surface area contributed by atoms with Gasteiger partial charge in [-0.1, -0.05) is 0 Å². The molecule has 0 aliphatic heterocycles. The highest BCUT2D eigenvalue weighted by atomic mass is 32.1. The molecule has 2 amide bonds. The summed E-state index contributed by atoms with van der Waals surface area (Å²) in [4.78, 5) is 37.4. The molecule has 0 bridgehead atoms. The van der Waals surface area contributed by atoms with E-state index in [4.69, 9.17) is 16.6 Å². The van der Waals surface area contributed by atoms with E-state index >= 15 is 0 Å². The molecule has 1 aromatic heterocycles. The normalized spacial score (nSPS) is 13.5. The highest BCUT2D eigenvalue weighted by Gasteiger charge is 2.22. The van der Waals surface area contributed by atoms with E-state index in [1.165, 1.54) is 11.3 Å². The van der Waals surface area contributed by atoms with Gasteiger partial charge >= 0.3 is 5.97 Å². The molecule has 1 rings (SSSR count). The first-order valence-electron chi connectivity index (χ1n) is 5.80. The Morgan fingerprint density at radius 1 is 1.50 bits per heavy atom. The second-order valence-electron chi connectivity index (χ2n) is 4.27. The third kappa shape index (κ3) is 4.94. The molecule has 2 atom stereocenters. The van der Waals surface area contributed by atoms with Crippen molar-refractivity contribution in [3.05, 3.63) is 16.1 Å². The predicted molar refractivity (Wildman–Crippen MR) is 71.8 cm³/mol. The Hall–Kier alpha value is -2.00. The van der Waals surface area contributed by atoms with Crippen molar-refractivity contribution in [1.82, 2.24) is 10.3 Å². The lowest BCUT2D eigenvalue weighted by molar-refractivity contribution is -0.143. The number of thiazole rings is 1. The van der Waals surface area contributed by atoms with Gasteiger partial charge in [-0.2, -0.15) is 0 Å². The Morgan fingerprint density at radius 2 is 2.15 bits per heavy atom. The molecule has 20 heavy (non-hydrogen) atoms. The number of nitrogens with one attached hydrogen (secondary N) is 1. The van der Waals surface area contributed by atoms with E-state index in [2.05, 4.69) is 10.3 Å². The number of rotatable bonds is 7. The third-order valence-corrected chi connectivity index (χ3v) is 3.43. The Labute approximate surface area is 119 Å². The lowest BCUT2D eigenvalue weighted by Crippen LogP contribution is -2.43. The van der Waals surface area contributed by atoms with Gasteiger partial charge in [-0.25, -0.2) is 9.78 Å². The summed E-state index contributed by atoms with van der Waals surface area (Å²) in [6.45, 7) is 1.77. The lowest BCUT2D eigenvalue weighted by atomic mass is 10.2. The first-order chi connectivity index (χ1) is 9.29. The smallest absolute Gasteiger partial charge is 0.326 e. The van der Waals surface area contributed by atoms with Gasteiger partial charge in [0.2, 0.25) is 11.8 Å². The number of hydrogen-bond acceptors (Lipinski definition) is 6. The average molecular weight is 300 g/mol. The van der Waals surface area contributed by atoms with Crippen LogP contribution in [0.3, 0.4) is 0 Å². The van der Waals surface area contributed by atoms with Gasteiger partial charge in [0.25, 0.3) is 0 Å². The van der Waals surface area contributed by atoms with Crippen molar-refractivity contribution < 1.29 is 19.5 Å². The number of carbonyl (C=O) groups excluding carboxylic acids is 2. The summed E-state index contributed by atoms with van der Waals surface area (Å²) in [5.74, 6) is -2.66. The van der Waals surface area contributed by atoms with E-state index in [9.17, 15) is 14.4 Å². The Balaban J connectivity index is 2.60. The maximum atomic E-state index is 11.7. The maximum absolute atomic E-state index is 11.7. The minimum absolute atomic E-state index is 0.0776. The molecule has 0 radical (unpaired) electrons. The van der Waals surface area contributed by atoms with Crippen LogP contribution in [0.2, 0.25) is 0 Å². The largest absolute Gasteiger partial charge is 0.480 e. The van der Waals surface area contributed by atoms with Crippen LogP contribution < -0.4 is 16.8 Å². The Morgan fingerprint density at radius 3 is 2.60 bits per heavy atom. The molecular weight excluding hydrogens is 284 g/mol. The molecule has 0 fully saturated rings. The van der Waals surface area contributed by atoms with Crippen molar-refractivity contribution in [3.8, 4) is 0 Å². The molecule has 110 valence electrons. The van der Waals surface area contributed by atoms with Crippen LogP contribution >= 0.6 is 11.3 Å². The van der Waals surface area contributed by atoms with E-state index in [0.717, 1.165) is 0 Å². The zero-order chi connectivity index (χ0) is 15.3. The quantitative estimate of drug-likeness (QED) is 0.515. The van der Waals surface area contributed by atoms with Crippen LogP contribution in [0.1, 0.15) is 30.1 Å². The van der Waals surface area contributed by atoms with E-state index in [0.29, 0.717) is 10.7 Å². The molecule has 8 nitrogen and oxygen atoms in total. The van der Waals surface area contributed by atoms with E-state index < -0.39 is 30.2 Å². The Bertz CT molecular complexity index is 514. The molecule has 6 N–H and O–H groups in total. The van der Waals surface area contributed by atoms with Crippen LogP contribution in [-0.2, 0) is 20.8 Å². The van der Waals surface area contributed by atoms with Gasteiger partial charge in [0.15, 0.2) is 0 Å². The van der Waals surface area contributed by atoms with E-state index in [-0.39, 0.29) is 12.5 Å². The third-order valence-electron chi connectivity index (χ3n) is 2.34. The SMILES string of the molecule is CC(N)c1nc(CC(=O)NC(CC(N)=O)C(=O)O)cs1. The van der Waals surface area contributed by atoms with Crippen LogP contribution in [0.5, 0.6) is 0 Å². The first-order valence-corrected chi connectivity index (χ1v) is 6.68. The van der Waals surface area contributed by atoms with Gasteiger partial charge in [0.1, 0.15) is 11.0 Å². The fraction of sp³-hybridized carbons (Fsp3) is 0.455. The molecule has 1 heterocycles. The topological polar surface area (TPSA) is 148 Å². The minimum Gasteiger partial charge on any atom is -0.480 e. The molecular formula is C11H16N4O4S. The second kappa shape index (κ2) is 6.96. The minimum atomic E-state index is -1.33. The fourth-order valence-corrected chi connectivity index (χ4v) is 2.20. The standard InChI is InChI=1S/C11H16N4O4S/c1-5(12)10-14-6(4-20-10)2-9(17)15-7(11(18)19)3-8(13)16/h4-5,7H,2-3,12H2,1H3,(H2,13,16)(H,15,17)(H,18,19). The van der Waals surface area contributed by atoms with Crippen LogP contribution in [0, 0.1) is 0 Å². The van der Waals surface area contributed by atoms with Crippen molar-refractivity contribution in [2.45, 2.75) is 31.8 Å². The molecule has 2 unspecified atom stereocenters. The molecule has 0 spiro atoms. The predicted octanol–water partition coefficient (Wildman–Crippen LogP) is -0.850. The van der Waals surface area contributed by atoms with Gasteiger partial charge in [-0.3, -0.25) is 9.59 Å². The monoisotopic (exact) mass is 300 g/mol. The van der Waals surface area contributed by atoms with Gasteiger partial charge < -0.3 is 21.9 Å². The summed E-state index contributed by atoms with van der Waals surface area (Å²) in [6, 6.07) is -1.55. The molecule has 0 aliphatic rings. The number of hydrogen-bond donors (Lipinski definition) is 4. The van der Waals surface area contributed by atoms with Crippen LogP contribution in [-0.4, -0.2) is 33.9 Å². The number of nitrogens with zero attached hydrogens (tertiary/aromatic N) is 1. The number of carboxylic acids is 1. The molecule has 0 saturated heterocycles. The average Bonchev–Trinajstić information content (AvgIpc) is 2.75. The molecule has 1 aromatic rings. The Kier molecular flexibility index (Phi) is 5.59. The molecule has 9 heteroatoms. The zero-order valence-corrected chi connectivity index (χ0v) is 11.6. The number of carbonyl (C=O) groups is 3. The first kappa shape index (κ1) is 16.1. The second-order valence-corrected chi connectivity index (χ2v) is 5.16. The van der Waals surface area contributed by atoms with Gasteiger partial charge in [-0.05, 0) is 6.92 Å². The maximum Gasteiger partial charge on any atom is 0.326 e. The number of primary amides is 1. The summed E-state index contributed by atoms with van der Waals surface area (Å²) in [5, 5.41) is 13.5. The van der Waals surface area contributed by atoms with Crippen molar-refractivity contribution in [2.24, 2.45) is 11.5 Å². The number of carboxylic acid groups (broad SMARTS) is 1. The summed E-state index contributed by atoms with van der Waals surface area (Å²) < 4.78 is 0. The van der Waals surface area contributed by atoms with E-state index in [1.807, 2.05) is 0 Å².